The summed E-state index contributed by atoms with van der Waals surface area (Å²) in [5, 5.41) is 0. The lowest BCUT2D eigenvalue weighted by atomic mass is 10.2. The first-order chi connectivity index (χ1) is 9.87. The van der Waals surface area contributed by atoms with Gasteiger partial charge in [-0.2, -0.15) is 8.42 Å². The Balaban J connectivity index is 2.13. The Morgan fingerprint density at radius 2 is 1.95 bits per heavy atom. The standard InChI is InChI=1S/C14H19FO5S/c1-21(17,18)20-11-13(15)8-5-9-14(16)19-10-12-6-3-2-4-7-12/h2-4,6-7,13H,5,8-11H2,1H3/t13-/m1/s1. The highest BCUT2D eigenvalue weighted by Crippen LogP contribution is 2.08. The number of hydrogen-bond acceptors (Lipinski definition) is 5. The normalized spacial score (nSPS) is 12.9. The molecule has 0 saturated heterocycles. The van der Waals surface area contributed by atoms with Gasteiger partial charge in [0.05, 0.1) is 12.9 Å². The molecule has 0 aliphatic carbocycles. The molecule has 0 aliphatic rings. The van der Waals surface area contributed by atoms with Crippen molar-refractivity contribution in [1.82, 2.24) is 0 Å². The fraction of sp³-hybridized carbons (Fsp3) is 0.500. The van der Waals surface area contributed by atoms with Crippen LogP contribution in [0.1, 0.15) is 24.8 Å². The summed E-state index contributed by atoms with van der Waals surface area (Å²) < 4.78 is 44.0. The molecule has 0 amide bonds. The van der Waals surface area contributed by atoms with Crippen molar-refractivity contribution in [2.24, 2.45) is 0 Å². The number of carbonyl (C=O) groups is 1. The van der Waals surface area contributed by atoms with Gasteiger partial charge in [0, 0.05) is 6.42 Å². The van der Waals surface area contributed by atoms with Crippen molar-refractivity contribution in [3.8, 4) is 0 Å². The maximum atomic E-state index is 13.3. The van der Waals surface area contributed by atoms with Crippen LogP contribution in [0.15, 0.2) is 30.3 Å². The van der Waals surface area contributed by atoms with Crippen LogP contribution >= 0.6 is 0 Å². The molecule has 7 heteroatoms. The third-order valence-corrected chi connectivity index (χ3v) is 3.17. The van der Waals surface area contributed by atoms with E-state index in [1.807, 2.05) is 30.3 Å². The molecule has 0 fully saturated rings. The summed E-state index contributed by atoms with van der Waals surface area (Å²) in [6, 6.07) is 9.24. The number of rotatable bonds is 9. The molecule has 0 aromatic heterocycles. The number of halogens is 1. The van der Waals surface area contributed by atoms with Gasteiger partial charge < -0.3 is 4.74 Å². The number of carbonyl (C=O) groups excluding carboxylic acids is 1. The smallest absolute Gasteiger partial charge is 0.306 e. The van der Waals surface area contributed by atoms with E-state index in [0.29, 0.717) is 0 Å². The van der Waals surface area contributed by atoms with Crippen LogP contribution in [-0.4, -0.2) is 33.4 Å². The van der Waals surface area contributed by atoms with Crippen LogP contribution in [0.5, 0.6) is 0 Å². The molecule has 0 unspecified atom stereocenters. The quantitative estimate of drug-likeness (QED) is 0.516. The van der Waals surface area contributed by atoms with Crippen molar-refractivity contribution in [2.45, 2.75) is 32.0 Å². The molecule has 118 valence electrons. The van der Waals surface area contributed by atoms with E-state index in [1.165, 1.54) is 0 Å². The lowest BCUT2D eigenvalue weighted by Crippen LogP contribution is -2.15. The second kappa shape index (κ2) is 8.74. The summed E-state index contributed by atoms with van der Waals surface area (Å²) in [6.45, 7) is -0.326. The number of hydrogen-bond donors (Lipinski definition) is 0. The summed E-state index contributed by atoms with van der Waals surface area (Å²) >= 11 is 0. The minimum absolute atomic E-state index is 0.0515. The zero-order valence-corrected chi connectivity index (χ0v) is 12.6. The van der Waals surface area contributed by atoms with Gasteiger partial charge in [0.15, 0.2) is 0 Å². The molecule has 0 heterocycles. The second-order valence-corrected chi connectivity index (χ2v) is 6.27. The van der Waals surface area contributed by atoms with Gasteiger partial charge in [-0.05, 0) is 18.4 Å². The van der Waals surface area contributed by atoms with Gasteiger partial charge in [-0.25, -0.2) is 4.39 Å². The summed E-state index contributed by atoms with van der Waals surface area (Å²) in [5.41, 5.74) is 0.885. The molecule has 0 radical (unpaired) electrons. The topological polar surface area (TPSA) is 69.7 Å². The van der Waals surface area contributed by atoms with Crippen LogP contribution in [0.3, 0.4) is 0 Å². The predicted molar refractivity (Wildman–Crippen MR) is 75.8 cm³/mol. The highest BCUT2D eigenvalue weighted by atomic mass is 32.2. The fourth-order valence-corrected chi connectivity index (χ4v) is 1.95. The van der Waals surface area contributed by atoms with Crippen molar-refractivity contribution in [2.75, 3.05) is 12.9 Å². The van der Waals surface area contributed by atoms with Crippen LogP contribution < -0.4 is 0 Å². The van der Waals surface area contributed by atoms with E-state index in [2.05, 4.69) is 4.18 Å². The molecule has 1 atom stereocenters. The summed E-state index contributed by atoms with van der Waals surface area (Å²) in [5.74, 6) is -0.407. The van der Waals surface area contributed by atoms with Gasteiger partial charge in [-0.15, -0.1) is 0 Å². The van der Waals surface area contributed by atoms with E-state index >= 15 is 0 Å². The Morgan fingerprint density at radius 3 is 2.57 bits per heavy atom. The minimum Gasteiger partial charge on any atom is -0.461 e. The largest absolute Gasteiger partial charge is 0.461 e. The molecule has 0 spiro atoms. The Labute approximate surface area is 124 Å². The van der Waals surface area contributed by atoms with E-state index < -0.39 is 28.9 Å². The predicted octanol–water partition coefficient (Wildman–Crippen LogP) is 2.21. The molecule has 1 rings (SSSR count). The summed E-state index contributed by atoms with van der Waals surface area (Å²) in [6.07, 6.45) is -0.133. The van der Waals surface area contributed by atoms with E-state index in [4.69, 9.17) is 4.74 Å². The Hall–Kier alpha value is -1.47. The highest BCUT2D eigenvalue weighted by Gasteiger charge is 2.12. The molecule has 0 N–H and O–H groups in total. The van der Waals surface area contributed by atoms with E-state index in [9.17, 15) is 17.6 Å². The molecule has 0 aliphatic heterocycles. The monoisotopic (exact) mass is 318 g/mol. The van der Waals surface area contributed by atoms with E-state index in [-0.39, 0.29) is 25.9 Å². The minimum atomic E-state index is -3.63. The first-order valence-electron chi connectivity index (χ1n) is 6.55. The first-order valence-corrected chi connectivity index (χ1v) is 8.36. The first kappa shape index (κ1) is 17.6. The molecule has 1 aromatic carbocycles. The molecular formula is C14H19FO5S. The zero-order valence-electron chi connectivity index (χ0n) is 11.8. The third-order valence-electron chi connectivity index (χ3n) is 2.60. The van der Waals surface area contributed by atoms with E-state index in [0.717, 1.165) is 11.8 Å². The maximum absolute atomic E-state index is 13.3. The van der Waals surface area contributed by atoms with Crippen molar-refractivity contribution >= 4 is 16.1 Å². The highest BCUT2D eigenvalue weighted by molar-refractivity contribution is 7.85. The molecule has 21 heavy (non-hydrogen) atoms. The Kier molecular flexibility index (Phi) is 7.31. The van der Waals surface area contributed by atoms with Crippen LogP contribution in [0.25, 0.3) is 0 Å². The SMILES string of the molecule is CS(=O)(=O)OC[C@H](F)CCCC(=O)OCc1ccccc1. The third kappa shape index (κ3) is 9.14. The maximum Gasteiger partial charge on any atom is 0.306 e. The van der Waals surface area contributed by atoms with Gasteiger partial charge in [0.2, 0.25) is 0 Å². The molecule has 0 bridgehead atoms. The molecule has 5 nitrogen and oxygen atoms in total. The van der Waals surface area contributed by atoms with Gasteiger partial charge in [-0.1, -0.05) is 30.3 Å². The molecule has 1 aromatic rings. The average Bonchev–Trinajstić information content (AvgIpc) is 2.43. The van der Waals surface area contributed by atoms with Crippen LogP contribution in [0.4, 0.5) is 4.39 Å². The van der Waals surface area contributed by atoms with Crippen molar-refractivity contribution in [1.29, 1.82) is 0 Å². The Bertz CT molecular complexity index is 530. The van der Waals surface area contributed by atoms with Crippen molar-refractivity contribution in [3.63, 3.8) is 0 Å². The van der Waals surface area contributed by atoms with Crippen LogP contribution in [-0.2, 0) is 30.4 Å². The number of ether oxygens (including phenoxy) is 1. The summed E-state index contributed by atoms with van der Waals surface area (Å²) in [4.78, 5) is 11.4. The lowest BCUT2D eigenvalue weighted by molar-refractivity contribution is -0.145. The Morgan fingerprint density at radius 1 is 1.29 bits per heavy atom. The number of esters is 1. The summed E-state index contributed by atoms with van der Waals surface area (Å²) in [7, 11) is -3.63. The van der Waals surface area contributed by atoms with Crippen molar-refractivity contribution in [3.05, 3.63) is 35.9 Å². The van der Waals surface area contributed by atoms with Crippen LogP contribution in [0, 0.1) is 0 Å². The van der Waals surface area contributed by atoms with Gasteiger partial charge >= 0.3 is 5.97 Å². The van der Waals surface area contributed by atoms with Crippen LogP contribution in [0.2, 0.25) is 0 Å². The lowest BCUT2D eigenvalue weighted by Gasteiger charge is -2.08. The number of benzene rings is 1. The average molecular weight is 318 g/mol. The van der Waals surface area contributed by atoms with Crippen molar-refractivity contribution < 1.29 is 26.5 Å². The zero-order chi connectivity index (χ0) is 15.7. The van der Waals surface area contributed by atoms with Gasteiger partial charge in [0.25, 0.3) is 10.1 Å². The second-order valence-electron chi connectivity index (χ2n) is 4.62. The van der Waals surface area contributed by atoms with E-state index in [1.54, 1.807) is 0 Å². The van der Waals surface area contributed by atoms with Gasteiger partial charge in [-0.3, -0.25) is 8.98 Å². The number of alkyl halides is 1. The van der Waals surface area contributed by atoms with Gasteiger partial charge in [0.1, 0.15) is 12.8 Å². The fourth-order valence-electron chi connectivity index (χ4n) is 1.56. The molecule has 0 saturated carbocycles. The molecular weight excluding hydrogens is 299 g/mol.